The van der Waals surface area contributed by atoms with Crippen LogP contribution >= 0.6 is 22.6 Å². The van der Waals surface area contributed by atoms with Crippen molar-refractivity contribution in [1.82, 2.24) is 4.90 Å². The molecule has 80 valence electrons. The Kier molecular flexibility index (Phi) is 3.25. The number of methoxy groups -OCH3 is 1. The zero-order chi connectivity index (χ0) is 10.8. The molecule has 0 radical (unpaired) electrons. The Morgan fingerprint density at radius 2 is 2.00 bits per heavy atom. The SMILES string of the molecule is COC1CN(C(=O)c2ccc(I)cc2)C1. The second-order valence-corrected chi connectivity index (χ2v) is 4.82. The van der Waals surface area contributed by atoms with E-state index in [1.54, 1.807) is 12.0 Å². The van der Waals surface area contributed by atoms with Crippen molar-refractivity contribution in [3.63, 3.8) is 0 Å². The molecule has 4 heteroatoms. The van der Waals surface area contributed by atoms with Gasteiger partial charge in [-0.2, -0.15) is 0 Å². The van der Waals surface area contributed by atoms with Crippen molar-refractivity contribution in [3.05, 3.63) is 33.4 Å². The van der Waals surface area contributed by atoms with Gasteiger partial charge >= 0.3 is 0 Å². The minimum absolute atomic E-state index is 0.0969. The molecule has 1 aromatic carbocycles. The number of hydrogen-bond acceptors (Lipinski definition) is 2. The number of rotatable bonds is 2. The molecule has 0 saturated carbocycles. The zero-order valence-corrected chi connectivity index (χ0v) is 10.6. The molecule has 1 heterocycles. The lowest BCUT2D eigenvalue weighted by molar-refractivity contribution is -0.0191. The van der Waals surface area contributed by atoms with E-state index in [0.29, 0.717) is 13.1 Å². The van der Waals surface area contributed by atoms with Crippen LogP contribution in [-0.4, -0.2) is 37.1 Å². The first-order chi connectivity index (χ1) is 7.20. The summed E-state index contributed by atoms with van der Waals surface area (Å²) >= 11 is 2.22. The van der Waals surface area contributed by atoms with Crippen LogP contribution in [0.15, 0.2) is 24.3 Å². The van der Waals surface area contributed by atoms with Gasteiger partial charge in [0.15, 0.2) is 0 Å². The second-order valence-electron chi connectivity index (χ2n) is 3.57. The molecule has 0 N–H and O–H groups in total. The van der Waals surface area contributed by atoms with E-state index in [4.69, 9.17) is 4.74 Å². The summed E-state index contributed by atoms with van der Waals surface area (Å²) in [6.07, 6.45) is 0.220. The predicted octanol–water partition coefficient (Wildman–Crippen LogP) is 1.76. The Balaban J connectivity index is 2.00. The number of carbonyl (C=O) groups is 1. The molecular formula is C11H12INO2. The molecule has 1 amide bonds. The smallest absolute Gasteiger partial charge is 0.254 e. The monoisotopic (exact) mass is 317 g/mol. The largest absolute Gasteiger partial charge is 0.378 e. The van der Waals surface area contributed by atoms with E-state index < -0.39 is 0 Å². The van der Waals surface area contributed by atoms with E-state index in [1.807, 2.05) is 24.3 Å². The number of ether oxygens (including phenoxy) is 1. The van der Waals surface area contributed by atoms with Crippen molar-refractivity contribution in [1.29, 1.82) is 0 Å². The molecule has 3 nitrogen and oxygen atoms in total. The molecule has 0 unspecified atom stereocenters. The predicted molar refractivity (Wildman–Crippen MR) is 65.9 cm³/mol. The Bertz CT molecular complexity index is 357. The maximum Gasteiger partial charge on any atom is 0.254 e. The number of likely N-dealkylation sites (tertiary alicyclic amines) is 1. The molecule has 0 aliphatic carbocycles. The van der Waals surface area contributed by atoms with Crippen LogP contribution < -0.4 is 0 Å². The van der Waals surface area contributed by atoms with Crippen LogP contribution in [0.4, 0.5) is 0 Å². The summed E-state index contributed by atoms with van der Waals surface area (Å²) in [6, 6.07) is 7.62. The van der Waals surface area contributed by atoms with Crippen molar-refractivity contribution in [3.8, 4) is 0 Å². The van der Waals surface area contributed by atoms with Crippen molar-refractivity contribution in [2.24, 2.45) is 0 Å². The Hall–Kier alpha value is -0.620. The maximum atomic E-state index is 11.9. The highest BCUT2D eigenvalue weighted by molar-refractivity contribution is 14.1. The molecule has 0 atom stereocenters. The average Bonchev–Trinajstić information content (AvgIpc) is 2.17. The third kappa shape index (κ3) is 2.31. The van der Waals surface area contributed by atoms with Gasteiger partial charge in [-0.1, -0.05) is 0 Å². The average molecular weight is 317 g/mol. The molecule has 0 aromatic heterocycles. The highest BCUT2D eigenvalue weighted by Gasteiger charge is 2.30. The number of benzene rings is 1. The van der Waals surface area contributed by atoms with Crippen LogP contribution in [0.2, 0.25) is 0 Å². The van der Waals surface area contributed by atoms with Crippen LogP contribution in [0.1, 0.15) is 10.4 Å². The molecule has 0 spiro atoms. The lowest BCUT2D eigenvalue weighted by Crippen LogP contribution is -2.54. The lowest BCUT2D eigenvalue weighted by Gasteiger charge is -2.38. The number of nitrogens with zero attached hydrogens (tertiary/aromatic N) is 1. The highest BCUT2D eigenvalue weighted by atomic mass is 127. The number of hydrogen-bond donors (Lipinski definition) is 0. The van der Waals surface area contributed by atoms with Gasteiger partial charge in [-0.05, 0) is 46.9 Å². The normalized spacial score (nSPS) is 16.3. The summed E-state index contributed by atoms with van der Waals surface area (Å²) in [4.78, 5) is 13.7. The van der Waals surface area contributed by atoms with E-state index in [0.717, 1.165) is 9.13 Å². The van der Waals surface area contributed by atoms with Crippen LogP contribution in [0.3, 0.4) is 0 Å². The Morgan fingerprint density at radius 1 is 1.40 bits per heavy atom. The van der Waals surface area contributed by atoms with Crippen LogP contribution in [0.25, 0.3) is 0 Å². The standard InChI is InChI=1S/C11H12INO2/c1-15-10-6-13(7-10)11(14)8-2-4-9(12)5-3-8/h2-5,10H,6-7H2,1H3. The van der Waals surface area contributed by atoms with Crippen molar-refractivity contribution in [2.45, 2.75) is 6.10 Å². The summed E-state index contributed by atoms with van der Waals surface area (Å²) in [5.41, 5.74) is 0.755. The number of amides is 1. The molecule has 1 fully saturated rings. The Labute approximate surface area is 103 Å². The molecule has 2 rings (SSSR count). The highest BCUT2D eigenvalue weighted by Crippen LogP contribution is 2.16. The third-order valence-corrected chi connectivity index (χ3v) is 3.28. The minimum atomic E-state index is 0.0969. The molecule has 1 aromatic rings. The maximum absolute atomic E-state index is 11.9. The first-order valence-corrected chi connectivity index (χ1v) is 5.86. The van der Waals surface area contributed by atoms with Crippen LogP contribution in [-0.2, 0) is 4.74 Å². The van der Waals surface area contributed by atoms with Crippen molar-refractivity contribution < 1.29 is 9.53 Å². The van der Waals surface area contributed by atoms with Crippen LogP contribution in [0, 0.1) is 3.57 Å². The van der Waals surface area contributed by atoms with E-state index >= 15 is 0 Å². The molecule has 0 bridgehead atoms. The van der Waals surface area contributed by atoms with Gasteiger partial charge in [-0.3, -0.25) is 4.79 Å². The molecular weight excluding hydrogens is 305 g/mol. The summed E-state index contributed by atoms with van der Waals surface area (Å²) in [7, 11) is 1.68. The zero-order valence-electron chi connectivity index (χ0n) is 8.44. The van der Waals surface area contributed by atoms with E-state index in [9.17, 15) is 4.79 Å². The quantitative estimate of drug-likeness (QED) is 0.778. The van der Waals surface area contributed by atoms with Gasteiger partial charge in [0.05, 0.1) is 6.10 Å². The molecule has 15 heavy (non-hydrogen) atoms. The van der Waals surface area contributed by atoms with Crippen LogP contribution in [0.5, 0.6) is 0 Å². The number of halogens is 1. The van der Waals surface area contributed by atoms with E-state index in [1.165, 1.54) is 0 Å². The van der Waals surface area contributed by atoms with Gasteiger partial charge in [0.25, 0.3) is 5.91 Å². The fourth-order valence-corrected chi connectivity index (χ4v) is 1.89. The van der Waals surface area contributed by atoms with Crippen molar-refractivity contribution in [2.75, 3.05) is 20.2 Å². The van der Waals surface area contributed by atoms with E-state index in [2.05, 4.69) is 22.6 Å². The molecule has 1 saturated heterocycles. The third-order valence-electron chi connectivity index (χ3n) is 2.56. The van der Waals surface area contributed by atoms with Gasteiger partial charge in [0.2, 0.25) is 0 Å². The topological polar surface area (TPSA) is 29.5 Å². The lowest BCUT2D eigenvalue weighted by atomic mass is 10.1. The summed E-state index contributed by atoms with van der Waals surface area (Å²) in [6.45, 7) is 1.42. The summed E-state index contributed by atoms with van der Waals surface area (Å²) in [5.74, 6) is 0.0969. The summed E-state index contributed by atoms with van der Waals surface area (Å²) in [5, 5.41) is 0. The fourth-order valence-electron chi connectivity index (χ4n) is 1.53. The molecule has 1 aliphatic rings. The first-order valence-electron chi connectivity index (χ1n) is 4.78. The number of carbonyl (C=O) groups excluding carboxylic acids is 1. The first kappa shape index (κ1) is 10.9. The minimum Gasteiger partial charge on any atom is -0.378 e. The van der Waals surface area contributed by atoms with Gasteiger partial charge in [0, 0.05) is 29.3 Å². The Morgan fingerprint density at radius 3 is 2.53 bits per heavy atom. The van der Waals surface area contributed by atoms with Gasteiger partial charge < -0.3 is 9.64 Å². The van der Waals surface area contributed by atoms with Gasteiger partial charge in [0.1, 0.15) is 0 Å². The van der Waals surface area contributed by atoms with Crippen molar-refractivity contribution >= 4 is 28.5 Å². The second kappa shape index (κ2) is 4.49. The fraction of sp³-hybridized carbons (Fsp3) is 0.364. The van der Waals surface area contributed by atoms with E-state index in [-0.39, 0.29) is 12.0 Å². The van der Waals surface area contributed by atoms with Gasteiger partial charge in [-0.25, -0.2) is 0 Å². The molecule has 1 aliphatic heterocycles. The summed E-state index contributed by atoms with van der Waals surface area (Å²) < 4.78 is 6.27. The van der Waals surface area contributed by atoms with Gasteiger partial charge in [-0.15, -0.1) is 0 Å².